The van der Waals surface area contributed by atoms with E-state index in [0.717, 1.165) is 29.0 Å². The van der Waals surface area contributed by atoms with Gasteiger partial charge in [0, 0.05) is 17.5 Å². The summed E-state index contributed by atoms with van der Waals surface area (Å²) in [5, 5.41) is 0.696. The zero-order valence-electron chi connectivity index (χ0n) is 9.74. The molecule has 2 aromatic rings. The van der Waals surface area contributed by atoms with Crippen molar-refractivity contribution >= 4 is 22.7 Å². The zero-order chi connectivity index (χ0) is 12.0. The van der Waals surface area contributed by atoms with Crippen LogP contribution in [0.15, 0.2) is 16.5 Å². The Balaban J connectivity index is 1.92. The van der Waals surface area contributed by atoms with Gasteiger partial charge in [-0.2, -0.15) is 0 Å². The number of nitrogens with zero attached hydrogens (tertiary/aromatic N) is 1. The van der Waals surface area contributed by atoms with Crippen LogP contribution in [0.2, 0.25) is 5.02 Å². The van der Waals surface area contributed by atoms with Gasteiger partial charge in [-0.05, 0) is 43.4 Å². The molecule has 1 heterocycles. The van der Waals surface area contributed by atoms with Gasteiger partial charge in [0.2, 0.25) is 0 Å². The van der Waals surface area contributed by atoms with Crippen LogP contribution >= 0.6 is 11.6 Å². The highest BCUT2D eigenvalue weighted by atomic mass is 35.5. The average molecular weight is 251 g/mol. The lowest BCUT2D eigenvalue weighted by molar-refractivity contribution is 0.474. The Bertz CT molecular complexity index is 560. The molecular formula is C13H15ClN2O. The summed E-state index contributed by atoms with van der Waals surface area (Å²) in [6.07, 6.45) is 3.20. The molecule has 1 saturated carbocycles. The average Bonchev–Trinajstić information content (AvgIpc) is 3.01. The highest BCUT2D eigenvalue weighted by Gasteiger charge is 2.29. The first-order valence-corrected chi connectivity index (χ1v) is 6.32. The van der Waals surface area contributed by atoms with Crippen LogP contribution in [-0.4, -0.2) is 11.0 Å². The summed E-state index contributed by atoms with van der Waals surface area (Å²) in [7, 11) is 0. The minimum Gasteiger partial charge on any atom is -0.440 e. The standard InChI is InChI=1S/C13H15ClN2O/c1-7-4-9(14)5-11-13(7)17-12(16-11)6-10(15)8-2-3-8/h4-5,8,10H,2-3,6,15H2,1H3. The second-order valence-corrected chi connectivity index (χ2v) is 5.32. The zero-order valence-corrected chi connectivity index (χ0v) is 10.5. The number of hydrogen-bond acceptors (Lipinski definition) is 3. The number of benzene rings is 1. The second kappa shape index (κ2) is 4.00. The molecule has 90 valence electrons. The van der Waals surface area contributed by atoms with Crippen molar-refractivity contribution in [3.63, 3.8) is 0 Å². The van der Waals surface area contributed by atoms with E-state index in [-0.39, 0.29) is 6.04 Å². The summed E-state index contributed by atoms with van der Waals surface area (Å²) in [4.78, 5) is 4.45. The number of aryl methyl sites for hydroxylation is 1. The molecule has 0 saturated heterocycles. The summed E-state index contributed by atoms with van der Waals surface area (Å²) in [5.74, 6) is 1.39. The molecule has 0 spiro atoms. The van der Waals surface area contributed by atoms with Crippen molar-refractivity contribution < 1.29 is 4.42 Å². The van der Waals surface area contributed by atoms with Crippen molar-refractivity contribution in [3.05, 3.63) is 28.6 Å². The summed E-state index contributed by atoms with van der Waals surface area (Å²) < 4.78 is 5.75. The van der Waals surface area contributed by atoms with Crippen molar-refractivity contribution in [2.24, 2.45) is 11.7 Å². The highest BCUT2D eigenvalue weighted by molar-refractivity contribution is 6.31. The smallest absolute Gasteiger partial charge is 0.197 e. The van der Waals surface area contributed by atoms with Crippen LogP contribution < -0.4 is 5.73 Å². The van der Waals surface area contributed by atoms with E-state index in [4.69, 9.17) is 21.8 Å². The maximum absolute atomic E-state index is 6.07. The molecule has 1 atom stereocenters. The number of halogens is 1. The van der Waals surface area contributed by atoms with Gasteiger partial charge in [-0.1, -0.05) is 11.6 Å². The van der Waals surface area contributed by atoms with Crippen molar-refractivity contribution in [2.75, 3.05) is 0 Å². The molecule has 0 radical (unpaired) electrons. The number of aromatic nitrogens is 1. The molecule has 1 aliphatic carbocycles. The topological polar surface area (TPSA) is 52.0 Å². The Kier molecular flexibility index (Phi) is 2.60. The fourth-order valence-electron chi connectivity index (χ4n) is 2.18. The molecule has 1 aromatic heterocycles. The van der Waals surface area contributed by atoms with E-state index in [2.05, 4.69) is 4.98 Å². The van der Waals surface area contributed by atoms with E-state index in [0.29, 0.717) is 10.9 Å². The normalized spacial score (nSPS) is 17.6. The predicted molar refractivity (Wildman–Crippen MR) is 68.2 cm³/mol. The Labute approximate surface area is 105 Å². The van der Waals surface area contributed by atoms with E-state index in [1.165, 1.54) is 12.8 Å². The van der Waals surface area contributed by atoms with Crippen LogP contribution in [0.3, 0.4) is 0 Å². The van der Waals surface area contributed by atoms with Gasteiger partial charge >= 0.3 is 0 Å². The van der Waals surface area contributed by atoms with Crippen LogP contribution in [0.4, 0.5) is 0 Å². The van der Waals surface area contributed by atoms with Gasteiger partial charge in [0.1, 0.15) is 5.52 Å². The quantitative estimate of drug-likeness (QED) is 0.911. The van der Waals surface area contributed by atoms with E-state index >= 15 is 0 Å². The molecule has 1 aromatic carbocycles. The van der Waals surface area contributed by atoms with Crippen LogP contribution in [0, 0.1) is 12.8 Å². The first-order valence-electron chi connectivity index (χ1n) is 5.94. The summed E-state index contributed by atoms with van der Waals surface area (Å²) in [5.41, 5.74) is 8.75. The molecule has 1 unspecified atom stereocenters. The highest BCUT2D eigenvalue weighted by Crippen LogP contribution is 2.33. The van der Waals surface area contributed by atoms with Crippen molar-refractivity contribution in [2.45, 2.75) is 32.2 Å². The molecule has 2 N–H and O–H groups in total. The molecule has 0 amide bonds. The number of hydrogen-bond donors (Lipinski definition) is 1. The third-order valence-corrected chi connectivity index (χ3v) is 3.54. The molecule has 3 rings (SSSR count). The third kappa shape index (κ3) is 2.17. The maximum Gasteiger partial charge on any atom is 0.197 e. The Morgan fingerprint density at radius 2 is 2.29 bits per heavy atom. The first-order chi connectivity index (χ1) is 8.13. The summed E-state index contributed by atoms with van der Waals surface area (Å²) in [6, 6.07) is 3.90. The molecule has 0 bridgehead atoms. The van der Waals surface area contributed by atoms with E-state index in [9.17, 15) is 0 Å². The fourth-order valence-corrected chi connectivity index (χ4v) is 2.45. The van der Waals surface area contributed by atoms with Gasteiger partial charge < -0.3 is 10.2 Å². The molecule has 1 aliphatic rings. The van der Waals surface area contributed by atoms with Crippen LogP contribution in [0.25, 0.3) is 11.1 Å². The minimum absolute atomic E-state index is 0.179. The number of nitrogens with two attached hydrogens (primary N) is 1. The van der Waals surface area contributed by atoms with Gasteiger partial charge in [0.25, 0.3) is 0 Å². The van der Waals surface area contributed by atoms with Gasteiger partial charge in [-0.25, -0.2) is 4.98 Å². The molecule has 3 nitrogen and oxygen atoms in total. The fraction of sp³-hybridized carbons (Fsp3) is 0.462. The lowest BCUT2D eigenvalue weighted by Gasteiger charge is -2.05. The van der Waals surface area contributed by atoms with E-state index in [1.54, 1.807) is 0 Å². The number of rotatable bonds is 3. The van der Waals surface area contributed by atoms with Gasteiger partial charge in [0.15, 0.2) is 11.5 Å². The van der Waals surface area contributed by atoms with Crippen molar-refractivity contribution in [3.8, 4) is 0 Å². The van der Waals surface area contributed by atoms with Crippen LogP contribution in [0.5, 0.6) is 0 Å². The van der Waals surface area contributed by atoms with E-state index in [1.807, 2.05) is 19.1 Å². The lowest BCUT2D eigenvalue weighted by Crippen LogP contribution is -2.25. The summed E-state index contributed by atoms with van der Waals surface area (Å²) in [6.45, 7) is 1.98. The number of fused-ring (bicyclic) bond motifs is 1. The SMILES string of the molecule is Cc1cc(Cl)cc2nc(CC(N)C3CC3)oc12. The number of oxazole rings is 1. The van der Waals surface area contributed by atoms with Crippen LogP contribution in [-0.2, 0) is 6.42 Å². The third-order valence-electron chi connectivity index (χ3n) is 3.32. The molecule has 4 heteroatoms. The van der Waals surface area contributed by atoms with Crippen molar-refractivity contribution in [1.82, 2.24) is 4.98 Å². The minimum atomic E-state index is 0.179. The van der Waals surface area contributed by atoms with Gasteiger partial charge in [-0.15, -0.1) is 0 Å². The Hall–Kier alpha value is -1.06. The molecule has 0 aliphatic heterocycles. The largest absolute Gasteiger partial charge is 0.440 e. The molecule has 1 fully saturated rings. The Morgan fingerprint density at radius 1 is 1.53 bits per heavy atom. The van der Waals surface area contributed by atoms with Crippen molar-refractivity contribution in [1.29, 1.82) is 0 Å². The molecule has 17 heavy (non-hydrogen) atoms. The summed E-state index contributed by atoms with van der Waals surface area (Å²) >= 11 is 5.99. The predicted octanol–water partition coefficient (Wildman–Crippen LogP) is 3.07. The first kappa shape index (κ1) is 11.1. The second-order valence-electron chi connectivity index (χ2n) is 4.88. The van der Waals surface area contributed by atoms with Gasteiger partial charge in [0.05, 0.1) is 0 Å². The van der Waals surface area contributed by atoms with Crippen LogP contribution in [0.1, 0.15) is 24.3 Å². The Morgan fingerprint density at radius 3 is 3.00 bits per heavy atom. The van der Waals surface area contributed by atoms with E-state index < -0.39 is 0 Å². The lowest BCUT2D eigenvalue weighted by atomic mass is 10.1. The monoisotopic (exact) mass is 250 g/mol. The van der Waals surface area contributed by atoms with Gasteiger partial charge in [-0.3, -0.25) is 0 Å². The maximum atomic E-state index is 6.07. The molecular weight excluding hydrogens is 236 g/mol.